The van der Waals surface area contributed by atoms with E-state index < -0.39 is 0 Å². The van der Waals surface area contributed by atoms with E-state index in [0.29, 0.717) is 13.1 Å². The van der Waals surface area contributed by atoms with Crippen molar-refractivity contribution >= 4 is 23.2 Å². The minimum Gasteiger partial charge on any atom is -0.467 e. The van der Waals surface area contributed by atoms with Crippen LogP contribution in [0.5, 0.6) is 0 Å². The van der Waals surface area contributed by atoms with Gasteiger partial charge in [-0.15, -0.1) is 0 Å². The third kappa shape index (κ3) is 5.69. The molecule has 0 bridgehead atoms. The minimum atomic E-state index is -0.0146. The van der Waals surface area contributed by atoms with Gasteiger partial charge in [0.05, 0.1) is 12.8 Å². The molecule has 1 heterocycles. The number of nitrogens with one attached hydrogen (secondary N) is 1. The van der Waals surface area contributed by atoms with Crippen molar-refractivity contribution in [1.82, 2.24) is 4.90 Å². The van der Waals surface area contributed by atoms with Gasteiger partial charge in [0.25, 0.3) is 0 Å². The van der Waals surface area contributed by atoms with Crippen LogP contribution in [0.15, 0.2) is 41.0 Å². The standard InChI is InChI=1S/C25H35N3O3/c1-5-18(6-2)25(30)28(17-22-11-8-14-31-22)16-20-15-21(12-13-23(20)27(3)4)26-24(29)19-9-7-10-19/h8,11-15,18-19H,5-7,9-10,16-17H2,1-4H3,(H,26,29). The van der Waals surface area contributed by atoms with Crippen LogP contribution in [0.2, 0.25) is 0 Å². The highest BCUT2D eigenvalue weighted by Crippen LogP contribution is 2.30. The first-order valence-electron chi connectivity index (χ1n) is 11.3. The number of rotatable bonds is 10. The molecule has 6 nitrogen and oxygen atoms in total. The molecule has 1 fully saturated rings. The van der Waals surface area contributed by atoms with Crippen molar-refractivity contribution in [2.75, 3.05) is 24.3 Å². The van der Waals surface area contributed by atoms with Gasteiger partial charge in [0, 0.05) is 43.9 Å². The lowest BCUT2D eigenvalue weighted by Gasteiger charge is -2.29. The second-order valence-electron chi connectivity index (χ2n) is 8.64. The van der Waals surface area contributed by atoms with Gasteiger partial charge in [0.2, 0.25) is 11.8 Å². The molecule has 168 valence electrons. The molecule has 1 aliphatic carbocycles. The summed E-state index contributed by atoms with van der Waals surface area (Å²) < 4.78 is 5.54. The lowest BCUT2D eigenvalue weighted by Crippen LogP contribution is -2.35. The Hall–Kier alpha value is -2.76. The molecule has 0 aliphatic heterocycles. The van der Waals surface area contributed by atoms with E-state index in [2.05, 4.69) is 19.2 Å². The number of carbonyl (C=O) groups excluding carboxylic acids is 2. The average Bonchev–Trinajstić information content (AvgIpc) is 3.20. The van der Waals surface area contributed by atoms with Gasteiger partial charge in [-0.1, -0.05) is 20.3 Å². The van der Waals surface area contributed by atoms with Crippen molar-refractivity contribution < 1.29 is 14.0 Å². The van der Waals surface area contributed by atoms with E-state index in [9.17, 15) is 9.59 Å². The first-order valence-corrected chi connectivity index (χ1v) is 11.3. The molecule has 31 heavy (non-hydrogen) atoms. The Morgan fingerprint density at radius 1 is 1.13 bits per heavy atom. The predicted octanol–water partition coefficient (Wildman–Crippen LogP) is 5.05. The highest BCUT2D eigenvalue weighted by atomic mass is 16.3. The number of carbonyl (C=O) groups is 2. The topological polar surface area (TPSA) is 65.8 Å². The first kappa shape index (κ1) is 22.9. The molecule has 0 unspecified atom stereocenters. The fourth-order valence-electron chi connectivity index (χ4n) is 4.05. The van der Waals surface area contributed by atoms with Gasteiger partial charge in [0.15, 0.2) is 0 Å². The highest BCUT2D eigenvalue weighted by Gasteiger charge is 2.26. The van der Waals surface area contributed by atoms with E-state index in [1.807, 2.05) is 54.2 Å². The van der Waals surface area contributed by atoms with Crippen LogP contribution in [0.3, 0.4) is 0 Å². The first-order chi connectivity index (χ1) is 14.9. The van der Waals surface area contributed by atoms with Crippen molar-refractivity contribution in [2.45, 2.75) is 59.0 Å². The summed E-state index contributed by atoms with van der Waals surface area (Å²) in [5.41, 5.74) is 2.82. The van der Waals surface area contributed by atoms with Crippen LogP contribution in [0.1, 0.15) is 57.3 Å². The number of hydrogen-bond donors (Lipinski definition) is 1. The van der Waals surface area contributed by atoms with Crippen LogP contribution in [0, 0.1) is 11.8 Å². The molecule has 0 atom stereocenters. The number of furan rings is 1. The zero-order valence-electron chi connectivity index (χ0n) is 19.2. The third-order valence-electron chi connectivity index (χ3n) is 6.24. The Balaban J connectivity index is 1.87. The molecule has 1 aromatic heterocycles. The predicted molar refractivity (Wildman–Crippen MR) is 124 cm³/mol. The molecule has 0 saturated heterocycles. The SMILES string of the molecule is CCC(CC)C(=O)N(Cc1ccco1)Cc1cc(NC(=O)C2CCC2)ccc1N(C)C. The second kappa shape index (κ2) is 10.5. The van der Waals surface area contributed by atoms with Crippen LogP contribution >= 0.6 is 0 Å². The Morgan fingerprint density at radius 3 is 2.42 bits per heavy atom. The lowest BCUT2D eigenvalue weighted by molar-refractivity contribution is -0.137. The summed E-state index contributed by atoms with van der Waals surface area (Å²) in [4.78, 5) is 29.7. The molecule has 6 heteroatoms. The molecule has 1 aliphatic rings. The maximum absolute atomic E-state index is 13.3. The van der Waals surface area contributed by atoms with E-state index >= 15 is 0 Å². The summed E-state index contributed by atoms with van der Waals surface area (Å²) in [7, 11) is 3.98. The van der Waals surface area contributed by atoms with E-state index in [1.54, 1.807) is 6.26 Å². The molecular weight excluding hydrogens is 390 g/mol. The van der Waals surface area contributed by atoms with Gasteiger partial charge in [0.1, 0.15) is 5.76 Å². The van der Waals surface area contributed by atoms with Gasteiger partial charge >= 0.3 is 0 Å². The molecular formula is C25H35N3O3. The zero-order chi connectivity index (χ0) is 22.4. The molecule has 2 aromatic rings. The van der Waals surface area contributed by atoms with Gasteiger partial charge < -0.3 is 19.5 Å². The normalized spacial score (nSPS) is 13.7. The van der Waals surface area contributed by atoms with Crippen LogP contribution in [-0.4, -0.2) is 30.8 Å². The van der Waals surface area contributed by atoms with E-state index in [4.69, 9.17) is 4.42 Å². The maximum Gasteiger partial charge on any atom is 0.227 e. The van der Waals surface area contributed by atoms with Crippen molar-refractivity contribution in [1.29, 1.82) is 0 Å². The van der Waals surface area contributed by atoms with Gasteiger partial charge in [-0.25, -0.2) is 0 Å². The van der Waals surface area contributed by atoms with Crippen molar-refractivity contribution in [3.05, 3.63) is 47.9 Å². The van der Waals surface area contributed by atoms with E-state index in [-0.39, 0.29) is 23.7 Å². The van der Waals surface area contributed by atoms with Crippen LogP contribution in [-0.2, 0) is 22.7 Å². The minimum absolute atomic E-state index is 0.0146. The van der Waals surface area contributed by atoms with Crippen LogP contribution < -0.4 is 10.2 Å². The Morgan fingerprint density at radius 2 is 1.87 bits per heavy atom. The molecule has 1 saturated carbocycles. The smallest absolute Gasteiger partial charge is 0.227 e. The molecule has 0 radical (unpaired) electrons. The Labute approximate surface area is 185 Å². The molecule has 2 amide bonds. The van der Waals surface area contributed by atoms with Crippen LogP contribution in [0.25, 0.3) is 0 Å². The van der Waals surface area contributed by atoms with Gasteiger partial charge in [-0.05, 0) is 61.6 Å². The summed E-state index contributed by atoms with van der Waals surface area (Å²) >= 11 is 0. The van der Waals surface area contributed by atoms with Gasteiger partial charge in [-0.2, -0.15) is 0 Å². The highest BCUT2D eigenvalue weighted by molar-refractivity contribution is 5.93. The molecule has 3 rings (SSSR count). The fraction of sp³-hybridized carbons (Fsp3) is 0.520. The number of anilines is 2. The summed E-state index contributed by atoms with van der Waals surface area (Å²) in [5.74, 6) is 1.11. The summed E-state index contributed by atoms with van der Waals surface area (Å²) in [6, 6.07) is 9.70. The summed E-state index contributed by atoms with van der Waals surface area (Å²) in [5, 5.41) is 3.06. The lowest BCUT2D eigenvalue weighted by atomic mass is 9.85. The second-order valence-corrected chi connectivity index (χ2v) is 8.64. The van der Waals surface area contributed by atoms with Gasteiger partial charge in [-0.3, -0.25) is 9.59 Å². The van der Waals surface area contributed by atoms with Crippen LogP contribution in [0.4, 0.5) is 11.4 Å². The number of nitrogens with zero attached hydrogens (tertiary/aromatic N) is 2. The number of amides is 2. The fourth-order valence-corrected chi connectivity index (χ4v) is 4.05. The number of hydrogen-bond acceptors (Lipinski definition) is 4. The van der Waals surface area contributed by atoms with E-state index in [1.165, 1.54) is 0 Å². The zero-order valence-corrected chi connectivity index (χ0v) is 19.2. The quantitative estimate of drug-likeness (QED) is 0.578. The maximum atomic E-state index is 13.3. The third-order valence-corrected chi connectivity index (χ3v) is 6.24. The molecule has 1 N–H and O–H groups in total. The summed E-state index contributed by atoms with van der Waals surface area (Å²) in [6.45, 7) is 4.99. The average molecular weight is 426 g/mol. The summed E-state index contributed by atoms with van der Waals surface area (Å²) in [6.07, 6.45) is 6.31. The number of benzene rings is 1. The molecule has 1 aromatic carbocycles. The Bertz CT molecular complexity index is 868. The molecule has 0 spiro atoms. The van der Waals surface area contributed by atoms with Crippen molar-refractivity contribution in [2.24, 2.45) is 11.8 Å². The van der Waals surface area contributed by atoms with Crippen molar-refractivity contribution in [3.8, 4) is 0 Å². The Kier molecular flexibility index (Phi) is 7.77. The monoisotopic (exact) mass is 425 g/mol. The van der Waals surface area contributed by atoms with E-state index in [0.717, 1.165) is 54.8 Å². The van der Waals surface area contributed by atoms with Crippen molar-refractivity contribution in [3.63, 3.8) is 0 Å². The largest absolute Gasteiger partial charge is 0.467 e.